The van der Waals surface area contributed by atoms with E-state index in [-0.39, 0.29) is 0 Å². The van der Waals surface area contributed by atoms with Crippen molar-refractivity contribution in [1.29, 1.82) is 0 Å². The molecule has 3 nitrogen and oxygen atoms in total. The van der Waals surface area contributed by atoms with Gasteiger partial charge in [-0.1, -0.05) is 28.1 Å². The Morgan fingerprint density at radius 2 is 2.00 bits per heavy atom. The molecule has 0 bridgehead atoms. The maximum atomic E-state index is 11.6. The molecule has 0 saturated heterocycles. The molecular weight excluding hydrogens is 258 g/mol. The van der Waals surface area contributed by atoms with E-state index in [2.05, 4.69) is 15.9 Å². The molecule has 0 aliphatic carbocycles. The molecule has 0 amide bonds. The highest BCUT2D eigenvalue weighted by atomic mass is 79.9. The number of carbonyl (C=O) groups is 1. The smallest absolute Gasteiger partial charge is 0.330 e. The average molecular weight is 272 g/mol. The molecule has 2 N–H and O–H groups in total. The normalized spacial score (nSPS) is 14.4. The highest BCUT2D eigenvalue weighted by Crippen LogP contribution is 2.21. The quantitative estimate of drug-likeness (QED) is 0.858. The van der Waals surface area contributed by atoms with E-state index in [9.17, 15) is 4.79 Å². The number of ether oxygens (including phenoxy) is 1. The van der Waals surface area contributed by atoms with Gasteiger partial charge in [-0.3, -0.25) is 0 Å². The molecule has 0 aromatic heterocycles. The molecule has 1 aromatic rings. The van der Waals surface area contributed by atoms with Crippen molar-refractivity contribution >= 4 is 21.9 Å². The Labute approximate surface area is 97.7 Å². The first-order chi connectivity index (χ1) is 6.98. The number of benzene rings is 1. The van der Waals surface area contributed by atoms with Gasteiger partial charge in [-0.25, -0.2) is 4.79 Å². The van der Waals surface area contributed by atoms with Crippen molar-refractivity contribution in [2.45, 2.75) is 19.4 Å². The molecular formula is C11H14BrNO2. The first-order valence-corrected chi connectivity index (χ1v) is 5.50. The fraction of sp³-hybridized carbons (Fsp3) is 0.364. The lowest BCUT2D eigenvalue weighted by atomic mass is 9.93. The molecule has 0 spiro atoms. The Hall–Kier alpha value is -0.870. The van der Waals surface area contributed by atoms with Crippen LogP contribution >= 0.6 is 15.9 Å². The first-order valence-electron chi connectivity index (χ1n) is 4.70. The monoisotopic (exact) mass is 271 g/mol. The molecule has 0 aliphatic rings. The zero-order chi connectivity index (χ0) is 11.5. The molecule has 1 rings (SSSR count). The first kappa shape index (κ1) is 12.2. The average Bonchev–Trinajstić information content (AvgIpc) is 2.18. The number of hydrogen-bond acceptors (Lipinski definition) is 3. The van der Waals surface area contributed by atoms with Crippen molar-refractivity contribution in [3.8, 4) is 0 Å². The van der Waals surface area contributed by atoms with Crippen LogP contribution in [0.4, 0.5) is 0 Å². The summed E-state index contributed by atoms with van der Waals surface area (Å²) in [5.41, 5.74) is 5.58. The van der Waals surface area contributed by atoms with Gasteiger partial charge in [0, 0.05) is 4.47 Å². The van der Waals surface area contributed by atoms with Gasteiger partial charge >= 0.3 is 5.97 Å². The fourth-order valence-corrected chi connectivity index (χ4v) is 1.46. The van der Waals surface area contributed by atoms with Gasteiger partial charge in [-0.15, -0.1) is 0 Å². The summed E-state index contributed by atoms with van der Waals surface area (Å²) in [6.07, 6.45) is 0. The van der Waals surface area contributed by atoms with E-state index in [0.29, 0.717) is 6.61 Å². The van der Waals surface area contributed by atoms with Crippen LogP contribution in [-0.2, 0) is 15.1 Å². The van der Waals surface area contributed by atoms with Crippen LogP contribution in [0.25, 0.3) is 0 Å². The third kappa shape index (κ3) is 2.79. The van der Waals surface area contributed by atoms with Gasteiger partial charge in [0.25, 0.3) is 0 Å². The van der Waals surface area contributed by atoms with E-state index < -0.39 is 11.5 Å². The summed E-state index contributed by atoms with van der Waals surface area (Å²) in [6.45, 7) is 3.74. The summed E-state index contributed by atoms with van der Waals surface area (Å²) in [5, 5.41) is 0. The van der Waals surface area contributed by atoms with Crippen LogP contribution in [0, 0.1) is 0 Å². The molecule has 1 aromatic carbocycles. The van der Waals surface area contributed by atoms with E-state index in [1.165, 1.54) is 0 Å². The van der Waals surface area contributed by atoms with Crippen LogP contribution in [0.15, 0.2) is 28.7 Å². The third-order valence-corrected chi connectivity index (χ3v) is 2.67. The van der Waals surface area contributed by atoms with Crippen molar-refractivity contribution in [2.24, 2.45) is 5.73 Å². The van der Waals surface area contributed by atoms with Gasteiger partial charge in [0.15, 0.2) is 0 Å². The maximum Gasteiger partial charge on any atom is 0.330 e. The number of hydrogen-bond donors (Lipinski definition) is 1. The minimum atomic E-state index is -1.09. The molecule has 0 heterocycles. The van der Waals surface area contributed by atoms with Crippen LogP contribution in [0.2, 0.25) is 0 Å². The molecule has 15 heavy (non-hydrogen) atoms. The zero-order valence-corrected chi connectivity index (χ0v) is 10.4. The summed E-state index contributed by atoms with van der Waals surface area (Å²) < 4.78 is 5.87. The maximum absolute atomic E-state index is 11.6. The van der Waals surface area contributed by atoms with Crippen molar-refractivity contribution in [1.82, 2.24) is 0 Å². The summed E-state index contributed by atoms with van der Waals surface area (Å²) in [5.74, 6) is -0.410. The number of nitrogens with two attached hydrogens (primary N) is 1. The molecule has 0 aliphatic heterocycles. The van der Waals surface area contributed by atoms with E-state index in [1.807, 2.05) is 12.1 Å². The minimum Gasteiger partial charge on any atom is -0.464 e. The van der Waals surface area contributed by atoms with E-state index in [1.54, 1.807) is 26.0 Å². The third-order valence-electron chi connectivity index (χ3n) is 2.14. The molecule has 0 fully saturated rings. The van der Waals surface area contributed by atoms with Crippen LogP contribution in [0.3, 0.4) is 0 Å². The van der Waals surface area contributed by atoms with Crippen molar-refractivity contribution in [2.75, 3.05) is 6.61 Å². The zero-order valence-electron chi connectivity index (χ0n) is 8.79. The number of carbonyl (C=O) groups excluding carboxylic acids is 1. The number of esters is 1. The Bertz CT molecular complexity index is 346. The van der Waals surface area contributed by atoms with Crippen molar-refractivity contribution in [3.05, 3.63) is 34.3 Å². The molecule has 0 radical (unpaired) electrons. The lowest BCUT2D eigenvalue weighted by molar-refractivity contribution is -0.149. The number of halogens is 1. The van der Waals surface area contributed by atoms with Gasteiger partial charge < -0.3 is 10.5 Å². The second-order valence-corrected chi connectivity index (χ2v) is 4.35. The Morgan fingerprint density at radius 1 is 1.47 bits per heavy atom. The lowest BCUT2D eigenvalue weighted by Gasteiger charge is -2.22. The number of rotatable bonds is 3. The standard InChI is InChI=1S/C11H14BrNO2/c1-3-15-10(14)11(2,13)8-4-6-9(12)7-5-8/h4-7H,3,13H2,1-2H3. The Balaban J connectivity index is 2.94. The van der Waals surface area contributed by atoms with Gasteiger partial charge in [0.05, 0.1) is 6.61 Å². The van der Waals surface area contributed by atoms with Gasteiger partial charge in [0.1, 0.15) is 5.54 Å². The second-order valence-electron chi connectivity index (χ2n) is 3.43. The molecule has 4 heteroatoms. The Morgan fingerprint density at radius 3 is 2.47 bits per heavy atom. The minimum absolute atomic E-state index is 0.335. The highest BCUT2D eigenvalue weighted by Gasteiger charge is 2.31. The predicted octanol–water partition coefficient (Wildman–Crippen LogP) is 2.19. The van der Waals surface area contributed by atoms with E-state index in [4.69, 9.17) is 10.5 Å². The molecule has 0 saturated carbocycles. The van der Waals surface area contributed by atoms with Crippen LogP contribution in [0.5, 0.6) is 0 Å². The van der Waals surface area contributed by atoms with Crippen molar-refractivity contribution in [3.63, 3.8) is 0 Å². The predicted molar refractivity (Wildman–Crippen MR) is 62.3 cm³/mol. The molecule has 82 valence electrons. The van der Waals surface area contributed by atoms with Crippen LogP contribution in [0.1, 0.15) is 19.4 Å². The summed E-state index contributed by atoms with van der Waals surface area (Å²) >= 11 is 3.32. The summed E-state index contributed by atoms with van der Waals surface area (Å²) in [4.78, 5) is 11.6. The largest absolute Gasteiger partial charge is 0.464 e. The van der Waals surface area contributed by atoms with Gasteiger partial charge in [-0.2, -0.15) is 0 Å². The lowest BCUT2D eigenvalue weighted by Crippen LogP contribution is -2.43. The molecule has 1 unspecified atom stereocenters. The van der Waals surface area contributed by atoms with E-state index >= 15 is 0 Å². The van der Waals surface area contributed by atoms with Crippen LogP contribution < -0.4 is 5.73 Å². The topological polar surface area (TPSA) is 52.3 Å². The second kappa shape index (κ2) is 4.77. The highest BCUT2D eigenvalue weighted by molar-refractivity contribution is 9.10. The van der Waals surface area contributed by atoms with Gasteiger partial charge in [0.2, 0.25) is 0 Å². The SMILES string of the molecule is CCOC(=O)C(C)(N)c1ccc(Br)cc1. The van der Waals surface area contributed by atoms with Gasteiger partial charge in [-0.05, 0) is 31.5 Å². The fourth-order valence-electron chi connectivity index (χ4n) is 1.19. The van der Waals surface area contributed by atoms with E-state index in [0.717, 1.165) is 10.0 Å². The van der Waals surface area contributed by atoms with Crippen LogP contribution in [-0.4, -0.2) is 12.6 Å². The van der Waals surface area contributed by atoms with Crippen molar-refractivity contribution < 1.29 is 9.53 Å². The summed E-state index contributed by atoms with van der Waals surface area (Å²) in [6, 6.07) is 7.31. The summed E-state index contributed by atoms with van der Waals surface area (Å²) in [7, 11) is 0. The Kier molecular flexibility index (Phi) is 3.88. The molecule has 1 atom stereocenters.